The molecule has 3 aromatic rings. The molecule has 0 aliphatic heterocycles. The number of carbonyl (C=O) groups is 1. The standard InChI is InChI=1S/C17H13N3O5S/c1-11-3-2-4-14(9-11)24-15(21)10-26-17-19-18-16(25-17)12-5-7-13(8-6-12)20(22)23/h2-9H,10H2,1H3. The average molecular weight is 371 g/mol. The number of thioether (sulfide) groups is 1. The molecule has 9 heteroatoms. The third kappa shape index (κ3) is 4.45. The molecule has 1 aromatic heterocycles. The van der Waals surface area contributed by atoms with Crippen LogP contribution in [0.25, 0.3) is 11.5 Å². The second-order valence-electron chi connectivity index (χ2n) is 5.26. The highest BCUT2D eigenvalue weighted by Crippen LogP contribution is 2.25. The maximum Gasteiger partial charge on any atom is 0.321 e. The third-order valence-electron chi connectivity index (χ3n) is 3.27. The van der Waals surface area contributed by atoms with Crippen molar-refractivity contribution in [3.05, 3.63) is 64.2 Å². The Kier molecular flexibility index (Phi) is 5.28. The minimum atomic E-state index is -0.487. The Morgan fingerprint density at radius 2 is 2.00 bits per heavy atom. The van der Waals surface area contributed by atoms with Crippen LogP contribution in [0.2, 0.25) is 0 Å². The van der Waals surface area contributed by atoms with Gasteiger partial charge in [-0.15, -0.1) is 10.2 Å². The summed E-state index contributed by atoms with van der Waals surface area (Å²) in [7, 11) is 0. The lowest BCUT2D eigenvalue weighted by molar-refractivity contribution is -0.384. The normalized spacial score (nSPS) is 10.5. The van der Waals surface area contributed by atoms with Crippen LogP contribution >= 0.6 is 11.8 Å². The van der Waals surface area contributed by atoms with Crippen molar-refractivity contribution in [1.82, 2.24) is 10.2 Å². The van der Waals surface area contributed by atoms with E-state index in [1.54, 1.807) is 18.2 Å². The van der Waals surface area contributed by atoms with Crippen molar-refractivity contribution < 1.29 is 18.9 Å². The number of benzene rings is 2. The number of carbonyl (C=O) groups excluding carboxylic acids is 1. The summed E-state index contributed by atoms with van der Waals surface area (Å²) in [6.45, 7) is 1.91. The van der Waals surface area contributed by atoms with Gasteiger partial charge in [0.1, 0.15) is 11.5 Å². The van der Waals surface area contributed by atoms with Crippen molar-refractivity contribution >= 4 is 23.4 Å². The van der Waals surface area contributed by atoms with Crippen LogP contribution < -0.4 is 4.74 Å². The van der Waals surface area contributed by atoms with Crippen LogP contribution in [0.4, 0.5) is 5.69 Å². The number of nitrogens with zero attached hydrogens (tertiary/aromatic N) is 3. The number of hydrogen-bond acceptors (Lipinski definition) is 8. The minimum absolute atomic E-state index is 0.00976. The summed E-state index contributed by atoms with van der Waals surface area (Å²) in [4.78, 5) is 22.0. The Morgan fingerprint density at radius 1 is 1.23 bits per heavy atom. The highest BCUT2D eigenvalue weighted by atomic mass is 32.2. The molecule has 3 rings (SSSR count). The number of esters is 1. The van der Waals surface area contributed by atoms with Gasteiger partial charge in [-0.05, 0) is 36.8 Å². The molecule has 0 radical (unpaired) electrons. The number of nitro groups is 1. The molecule has 132 valence electrons. The van der Waals surface area contributed by atoms with Crippen molar-refractivity contribution in [2.24, 2.45) is 0 Å². The lowest BCUT2D eigenvalue weighted by Crippen LogP contribution is -2.10. The molecule has 2 aromatic carbocycles. The zero-order valence-corrected chi connectivity index (χ0v) is 14.4. The van der Waals surface area contributed by atoms with Gasteiger partial charge in [-0.25, -0.2) is 0 Å². The predicted molar refractivity (Wildman–Crippen MR) is 93.9 cm³/mol. The first kappa shape index (κ1) is 17.6. The van der Waals surface area contributed by atoms with Crippen molar-refractivity contribution in [1.29, 1.82) is 0 Å². The van der Waals surface area contributed by atoms with E-state index in [2.05, 4.69) is 10.2 Å². The van der Waals surface area contributed by atoms with E-state index in [0.29, 0.717) is 11.3 Å². The first-order valence-electron chi connectivity index (χ1n) is 7.50. The summed E-state index contributed by atoms with van der Waals surface area (Å²) in [5, 5.41) is 18.6. The van der Waals surface area contributed by atoms with Gasteiger partial charge in [-0.1, -0.05) is 23.9 Å². The highest BCUT2D eigenvalue weighted by Gasteiger charge is 2.13. The fraction of sp³-hybridized carbons (Fsp3) is 0.118. The summed E-state index contributed by atoms with van der Waals surface area (Å²) in [6, 6.07) is 12.9. The van der Waals surface area contributed by atoms with Crippen molar-refractivity contribution in [3.8, 4) is 17.2 Å². The second kappa shape index (κ2) is 7.79. The van der Waals surface area contributed by atoms with Crippen LogP contribution in [0.3, 0.4) is 0 Å². The van der Waals surface area contributed by atoms with Crippen molar-refractivity contribution in [2.45, 2.75) is 12.1 Å². The van der Waals surface area contributed by atoms with E-state index in [1.165, 1.54) is 24.3 Å². The monoisotopic (exact) mass is 371 g/mol. The van der Waals surface area contributed by atoms with Gasteiger partial charge in [-0.3, -0.25) is 14.9 Å². The van der Waals surface area contributed by atoms with E-state index in [9.17, 15) is 14.9 Å². The van der Waals surface area contributed by atoms with E-state index in [0.717, 1.165) is 17.3 Å². The molecule has 0 bridgehead atoms. The highest BCUT2D eigenvalue weighted by molar-refractivity contribution is 7.99. The molecular weight excluding hydrogens is 358 g/mol. The van der Waals surface area contributed by atoms with Crippen molar-refractivity contribution in [2.75, 3.05) is 5.75 Å². The van der Waals surface area contributed by atoms with Crippen LogP contribution in [0.1, 0.15) is 5.56 Å². The SMILES string of the molecule is Cc1cccc(OC(=O)CSc2nnc(-c3ccc([N+](=O)[O-])cc3)o2)c1. The topological polar surface area (TPSA) is 108 Å². The van der Waals surface area contributed by atoms with E-state index in [4.69, 9.17) is 9.15 Å². The number of aromatic nitrogens is 2. The first-order chi connectivity index (χ1) is 12.5. The van der Waals surface area contributed by atoms with E-state index in [-0.39, 0.29) is 22.6 Å². The Hall–Kier alpha value is -3.20. The molecule has 0 saturated heterocycles. The maximum atomic E-state index is 11.9. The number of hydrogen-bond donors (Lipinski definition) is 0. The number of rotatable bonds is 6. The molecule has 0 aliphatic rings. The molecule has 0 saturated carbocycles. The zero-order valence-electron chi connectivity index (χ0n) is 13.6. The Bertz CT molecular complexity index is 940. The third-order valence-corrected chi connectivity index (χ3v) is 4.06. The van der Waals surface area contributed by atoms with Gasteiger partial charge >= 0.3 is 5.97 Å². The van der Waals surface area contributed by atoms with Gasteiger partial charge in [0.05, 0.1) is 4.92 Å². The molecule has 0 amide bonds. The van der Waals surface area contributed by atoms with Gasteiger partial charge in [-0.2, -0.15) is 0 Å². The number of non-ortho nitro benzene ring substituents is 1. The molecule has 0 aliphatic carbocycles. The molecule has 26 heavy (non-hydrogen) atoms. The Balaban J connectivity index is 1.58. The molecule has 8 nitrogen and oxygen atoms in total. The quantitative estimate of drug-likeness (QED) is 0.212. The van der Waals surface area contributed by atoms with Gasteiger partial charge in [0, 0.05) is 17.7 Å². The maximum absolute atomic E-state index is 11.9. The van der Waals surface area contributed by atoms with Crippen LogP contribution in [0.5, 0.6) is 5.75 Å². The summed E-state index contributed by atoms with van der Waals surface area (Å²) >= 11 is 1.05. The number of nitro benzene ring substituents is 1. The van der Waals surface area contributed by atoms with Crippen molar-refractivity contribution in [3.63, 3.8) is 0 Å². The summed E-state index contributed by atoms with van der Waals surface area (Å²) in [5.41, 5.74) is 1.52. The van der Waals surface area contributed by atoms with Gasteiger partial charge in [0.25, 0.3) is 10.9 Å². The second-order valence-corrected chi connectivity index (χ2v) is 6.18. The molecular formula is C17H13N3O5S. The van der Waals surface area contributed by atoms with Gasteiger partial charge in [0.2, 0.25) is 5.89 Å². The minimum Gasteiger partial charge on any atom is -0.426 e. The van der Waals surface area contributed by atoms with Crippen LogP contribution in [-0.4, -0.2) is 26.8 Å². The van der Waals surface area contributed by atoms with Gasteiger partial charge < -0.3 is 9.15 Å². The summed E-state index contributed by atoms with van der Waals surface area (Å²) < 4.78 is 10.7. The number of ether oxygens (including phenoxy) is 1. The molecule has 0 unspecified atom stereocenters. The lowest BCUT2D eigenvalue weighted by atomic mass is 10.2. The Morgan fingerprint density at radius 3 is 2.69 bits per heavy atom. The van der Waals surface area contributed by atoms with Crippen LogP contribution in [0.15, 0.2) is 58.2 Å². The van der Waals surface area contributed by atoms with Crippen LogP contribution in [-0.2, 0) is 4.79 Å². The molecule has 0 fully saturated rings. The van der Waals surface area contributed by atoms with Crippen LogP contribution in [0, 0.1) is 17.0 Å². The molecule has 1 heterocycles. The zero-order chi connectivity index (χ0) is 18.5. The average Bonchev–Trinajstić information content (AvgIpc) is 3.09. The van der Waals surface area contributed by atoms with E-state index >= 15 is 0 Å². The number of aryl methyl sites for hydroxylation is 1. The molecule has 0 atom stereocenters. The predicted octanol–water partition coefficient (Wildman–Crippen LogP) is 3.65. The first-order valence-corrected chi connectivity index (χ1v) is 8.48. The summed E-state index contributed by atoms with van der Waals surface area (Å²) in [5.74, 6) is 0.272. The van der Waals surface area contributed by atoms with Gasteiger partial charge in [0.15, 0.2) is 0 Å². The smallest absolute Gasteiger partial charge is 0.321 e. The Labute approximate surface area is 152 Å². The lowest BCUT2D eigenvalue weighted by Gasteiger charge is -2.03. The fourth-order valence-corrected chi connectivity index (χ4v) is 2.61. The molecule has 0 spiro atoms. The fourth-order valence-electron chi connectivity index (χ4n) is 2.07. The summed E-state index contributed by atoms with van der Waals surface area (Å²) in [6.07, 6.45) is 0. The largest absolute Gasteiger partial charge is 0.426 e. The van der Waals surface area contributed by atoms with E-state index in [1.807, 2.05) is 13.0 Å². The molecule has 0 N–H and O–H groups in total. The van der Waals surface area contributed by atoms with E-state index < -0.39 is 10.9 Å².